The van der Waals surface area contributed by atoms with Crippen LogP contribution in [0.4, 0.5) is 5.69 Å². The number of anilines is 1. The van der Waals surface area contributed by atoms with E-state index in [1.54, 1.807) is 43.5 Å². The molecule has 0 unspecified atom stereocenters. The average molecular weight is 393 g/mol. The molecule has 2 rings (SSSR count). The molecule has 0 heterocycles. The molecule has 2 aromatic rings. The van der Waals surface area contributed by atoms with Gasteiger partial charge in [0.05, 0.1) is 23.1 Å². The lowest BCUT2D eigenvalue weighted by molar-refractivity contribution is -0.115. The zero-order valence-corrected chi connectivity index (χ0v) is 16.2. The Bertz CT molecular complexity index is 753. The van der Waals surface area contributed by atoms with Crippen molar-refractivity contribution in [2.75, 3.05) is 25.6 Å². The number of methoxy groups -OCH3 is 1. The Balaban J connectivity index is 2.01. The van der Waals surface area contributed by atoms with E-state index >= 15 is 0 Å². The highest BCUT2D eigenvalue weighted by atomic mass is 35.5. The molecule has 138 valence electrons. The molecular formula is C19H21ClN2O3S. The Kier molecular flexibility index (Phi) is 7.97. The second kappa shape index (κ2) is 10.2. The van der Waals surface area contributed by atoms with Crippen LogP contribution in [0.5, 0.6) is 0 Å². The van der Waals surface area contributed by atoms with Crippen LogP contribution in [-0.4, -0.2) is 37.3 Å². The quantitative estimate of drug-likeness (QED) is 0.529. The van der Waals surface area contributed by atoms with Crippen molar-refractivity contribution in [3.05, 3.63) is 59.1 Å². The van der Waals surface area contributed by atoms with Crippen LogP contribution in [-0.2, 0) is 9.53 Å². The van der Waals surface area contributed by atoms with E-state index in [4.69, 9.17) is 16.3 Å². The van der Waals surface area contributed by atoms with Gasteiger partial charge in [-0.2, -0.15) is 0 Å². The maximum absolute atomic E-state index is 12.5. The molecule has 0 aliphatic carbocycles. The van der Waals surface area contributed by atoms with Gasteiger partial charge < -0.3 is 15.4 Å². The van der Waals surface area contributed by atoms with Crippen molar-refractivity contribution in [3.8, 4) is 0 Å². The number of hydrogen-bond acceptors (Lipinski definition) is 4. The fraction of sp³-hybridized carbons (Fsp3) is 0.263. The minimum absolute atomic E-state index is 0.179. The normalized spacial score (nSPS) is 11.7. The summed E-state index contributed by atoms with van der Waals surface area (Å²) in [7, 11) is 1.57. The number of thioether (sulfide) groups is 1. The molecular weight excluding hydrogens is 372 g/mol. The van der Waals surface area contributed by atoms with Gasteiger partial charge in [-0.05, 0) is 43.3 Å². The van der Waals surface area contributed by atoms with Crippen LogP contribution < -0.4 is 10.6 Å². The Labute approximate surface area is 162 Å². The molecule has 26 heavy (non-hydrogen) atoms. The minimum atomic E-state index is -0.333. The van der Waals surface area contributed by atoms with Crippen molar-refractivity contribution in [1.82, 2.24) is 5.32 Å². The van der Waals surface area contributed by atoms with E-state index in [1.165, 1.54) is 11.8 Å². The number of para-hydroxylation sites is 1. The highest BCUT2D eigenvalue weighted by Crippen LogP contribution is 2.26. The maximum atomic E-state index is 12.5. The monoisotopic (exact) mass is 392 g/mol. The van der Waals surface area contributed by atoms with Gasteiger partial charge in [0.25, 0.3) is 5.91 Å². The summed E-state index contributed by atoms with van der Waals surface area (Å²) in [6.45, 7) is 2.64. The van der Waals surface area contributed by atoms with Crippen molar-refractivity contribution < 1.29 is 14.3 Å². The highest BCUT2D eigenvalue weighted by Gasteiger charge is 2.18. The third-order valence-corrected chi connectivity index (χ3v) is 4.88. The van der Waals surface area contributed by atoms with E-state index < -0.39 is 0 Å². The van der Waals surface area contributed by atoms with Gasteiger partial charge in [0.1, 0.15) is 0 Å². The molecule has 0 saturated heterocycles. The minimum Gasteiger partial charge on any atom is -0.383 e. The van der Waals surface area contributed by atoms with Gasteiger partial charge in [0, 0.05) is 23.6 Å². The molecule has 0 aliphatic rings. The smallest absolute Gasteiger partial charge is 0.253 e. The molecule has 0 radical (unpaired) electrons. The summed E-state index contributed by atoms with van der Waals surface area (Å²) in [5.74, 6) is -0.432. The Hall–Kier alpha value is -2.02. The number of carbonyl (C=O) groups is 2. The summed E-state index contributed by atoms with van der Waals surface area (Å²) < 4.78 is 4.92. The summed E-state index contributed by atoms with van der Waals surface area (Å²) in [5, 5.41) is 5.91. The number of benzene rings is 2. The summed E-state index contributed by atoms with van der Waals surface area (Å²) in [4.78, 5) is 25.7. The molecule has 0 aliphatic heterocycles. The molecule has 0 fully saturated rings. The van der Waals surface area contributed by atoms with E-state index in [0.717, 1.165) is 4.90 Å². The molecule has 7 heteroatoms. The van der Waals surface area contributed by atoms with E-state index in [-0.39, 0.29) is 17.1 Å². The number of rotatable bonds is 8. The van der Waals surface area contributed by atoms with Gasteiger partial charge in [-0.25, -0.2) is 0 Å². The first-order chi connectivity index (χ1) is 12.5. The Morgan fingerprint density at radius 3 is 2.54 bits per heavy atom. The predicted molar refractivity (Wildman–Crippen MR) is 106 cm³/mol. The van der Waals surface area contributed by atoms with Crippen LogP contribution in [0, 0.1) is 0 Å². The Morgan fingerprint density at radius 1 is 1.15 bits per heavy atom. The van der Waals surface area contributed by atoms with Crippen LogP contribution in [0.15, 0.2) is 53.4 Å². The summed E-state index contributed by atoms with van der Waals surface area (Å²) in [5.41, 5.74) is 0.900. The summed E-state index contributed by atoms with van der Waals surface area (Å²) in [6, 6.07) is 14.2. The molecule has 5 nitrogen and oxygen atoms in total. The average Bonchev–Trinajstić information content (AvgIpc) is 2.64. The van der Waals surface area contributed by atoms with Gasteiger partial charge in [-0.15, -0.1) is 11.8 Å². The summed E-state index contributed by atoms with van der Waals surface area (Å²) >= 11 is 7.30. The zero-order valence-electron chi connectivity index (χ0n) is 14.6. The number of carbonyl (C=O) groups excluding carboxylic acids is 2. The number of hydrogen-bond donors (Lipinski definition) is 2. The molecule has 0 saturated carbocycles. The lowest BCUT2D eigenvalue weighted by atomic mass is 10.1. The van der Waals surface area contributed by atoms with Crippen LogP contribution in [0.1, 0.15) is 17.3 Å². The highest BCUT2D eigenvalue weighted by molar-refractivity contribution is 8.00. The van der Waals surface area contributed by atoms with Gasteiger partial charge in [0.2, 0.25) is 5.91 Å². The first-order valence-corrected chi connectivity index (χ1v) is 9.36. The summed E-state index contributed by atoms with van der Waals surface area (Å²) in [6.07, 6.45) is 0. The topological polar surface area (TPSA) is 67.4 Å². The third kappa shape index (κ3) is 6.05. The van der Waals surface area contributed by atoms with Crippen molar-refractivity contribution in [3.63, 3.8) is 0 Å². The molecule has 2 N–H and O–H groups in total. The van der Waals surface area contributed by atoms with Crippen molar-refractivity contribution in [1.29, 1.82) is 0 Å². The van der Waals surface area contributed by atoms with Gasteiger partial charge in [-0.1, -0.05) is 23.7 Å². The second-order valence-corrected chi connectivity index (χ2v) is 7.35. The van der Waals surface area contributed by atoms with E-state index in [2.05, 4.69) is 10.6 Å². The molecule has 0 aromatic heterocycles. The zero-order chi connectivity index (χ0) is 18.9. The lowest BCUT2D eigenvalue weighted by Gasteiger charge is -2.15. The van der Waals surface area contributed by atoms with Crippen molar-refractivity contribution >= 4 is 40.9 Å². The predicted octanol–water partition coefficient (Wildman–Crippen LogP) is 3.84. The van der Waals surface area contributed by atoms with Crippen LogP contribution in [0.2, 0.25) is 5.02 Å². The number of halogens is 1. The Morgan fingerprint density at radius 2 is 1.85 bits per heavy atom. The largest absolute Gasteiger partial charge is 0.383 e. The standard InChI is InChI=1S/C19H21ClN2O3S/c1-13(26-15-9-7-14(20)8-10-15)18(23)22-17-6-4-3-5-16(17)19(24)21-11-12-25-2/h3-10,13H,11-12H2,1-2H3,(H,21,24)(H,22,23)/t13-/m0/s1. The third-order valence-electron chi connectivity index (χ3n) is 3.52. The first kappa shape index (κ1) is 20.3. The van der Waals surface area contributed by atoms with Gasteiger partial charge in [0.15, 0.2) is 0 Å². The van der Waals surface area contributed by atoms with Crippen LogP contribution in [0.3, 0.4) is 0 Å². The van der Waals surface area contributed by atoms with Gasteiger partial charge >= 0.3 is 0 Å². The van der Waals surface area contributed by atoms with E-state index in [1.807, 2.05) is 19.1 Å². The van der Waals surface area contributed by atoms with E-state index in [9.17, 15) is 9.59 Å². The number of amides is 2. The number of ether oxygens (including phenoxy) is 1. The maximum Gasteiger partial charge on any atom is 0.253 e. The molecule has 1 atom stereocenters. The molecule has 2 amide bonds. The fourth-order valence-corrected chi connectivity index (χ4v) is 3.15. The SMILES string of the molecule is COCCNC(=O)c1ccccc1NC(=O)[C@H](C)Sc1ccc(Cl)cc1. The van der Waals surface area contributed by atoms with Crippen molar-refractivity contribution in [2.24, 2.45) is 0 Å². The molecule has 0 bridgehead atoms. The van der Waals surface area contributed by atoms with Gasteiger partial charge in [-0.3, -0.25) is 9.59 Å². The first-order valence-electron chi connectivity index (χ1n) is 8.10. The lowest BCUT2D eigenvalue weighted by Crippen LogP contribution is -2.29. The number of nitrogens with one attached hydrogen (secondary N) is 2. The second-order valence-electron chi connectivity index (χ2n) is 5.50. The van der Waals surface area contributed by atoms with E-state index in [0.29, 0.717) is 29.4 Å². The molecule has 2 aromatic carbocycles. The van der Waals surface area contributed by atoms with Crippen LogP contribution >= 0.6 is 23.4 Å². The molecule has 0 spiro atoms. The van der Waals surface area contributed by atoms with Crippen LogP contribution in [0.25, 0.3) is 0 Å². The fourth-order valence-electron chi connectivity index (χ4n) is 2.16. The van der Waals surface area contributed by atoms with Crippen molar-refractivity contribution in [2.45, 2.75) is 17.1 Å².